The van der Waals surface area contributed by atoms with Gasteiger partial charge in [-0.1, -0.05) is 15.9 Å². The Labute approximate surface area is 143 Å². The summed E-state index contributed by atoms with van der Waals surface area (Å²) >= 11 is 3.35. The van der Waals surface area contributed by atoms with Gasteiger partial charge in [-0.25, -0.2) is 4.39 Å². The van der Waals surface area contributed by atoms with Gasteiger partial charge in [0.25, 0.3) is 0 Å². The second-order valence-electron chi connectivity index (χ2n) is 4.86. The SMILES string of the molecule is COc1cc(OC)c(OC)cc1CNCc1cc(Br)ccc1F. The van der Waals surface area contributed by atoms with Crippen molar-refractivity contribution in [1.82, 2.24) is 5.32 Å². The van der Waals surface area contributed by atoms with Crippen LogP contribution in [0.25, 0.3) is 0 Å². The van der Waals surface area contributed by atoms with Crippen LogP contribution in [0.4, 0.5) is 4.39 Å². The zero-order chi connectivity index (χ0) is 16.8. The van der Waals surface area contributed by atoms with E-state index < -0.39 is 0 Å². The van der Waals surface area contributed by atoms with Crippen LogP contribution in [0, 0.1) is 5.82 Å². The lowest BCUT2D eigenvalue weighted by atomic mass is 10.1. The summed E-state index contributed by atoms with van der Waals surface area (Å²) < 4.78 is 30.5. The fraction of sp³-hybridized carbons (Fsp3) is 0.294. The van der Waals surface area contributed by atoms with Gasteiger partial charge in [0.2, 0.25) is 0 Å². The molecule has 0 unspecified atom stereocenters. The number of nitrogens with one attached hydrogen (secondary N) is 1. The number of ether oxygens (including phenoxy) is 3. The Hall–Kier alpha value is -1.79. The summed E-state index contributed by atoms with van der Waals surface area (Å²) in [5.41, 5.74) is 1.50. The second kappa shape index (κ2) is 8.17. The number of halogens is 2. The molecule has 2 aromatic rings. The van der Waals surface area contributed by atoms with Crippen LogP contribution < -0.4 is 19.5 Å². The van der Waals surface area contributed by atoms with E-state index in [1.807, 2.05) is 6.07 Å². The summed E-state index contributed by atoms with van der Waals surface area (Å²) in [5, 5.41) is 3.21. The van der Waals surface area contributed by atoms with Gasteiger partial charge in [-0.05, 0) is 24.3 Å². The molecule has 4 nitrogen and oxygen atoms in total. The van der Waals surface area contributed by atoms with E-state index in [-0.39, 0.29) is 5.82 Å². The highest BCUT2D eigenvalue weighted by atomic mass is 79.9. The highest BCUT2D eigenvalue weighted by molar-refractivity contribution is 9.10. The molecule has 2 rings (SSSR count). The molecule has 6 heteroatoms. The molecule has 23 heavy (non-hydrogen) atoms. The third-order valence-electron chi connectivity index (χ3n) is 3.43. The van der Waals surface area contributed by atoms with E-state index in [9.17, 15) is 4.39 Å². The molecule has 124 valence electrons. The first-order valence-electron chi connectivity index (χ1n) is 7.02. The summed E-state index contributed by atoms with van der Waals surface area (Å²) in [6, 6.07) is 8.50. The van der Waals surface area contributed by atoms with E-state index in [1.54, 1.807) is 39.5 Å². The lowest BCUT2D eigenvalue weighted by Crippen LogP contribution is -2.14. The molecule has 0 atom stereocenters. The van der Waals surface area contributed by atoms with E-state index in [1.165, 1.54) is 6.07 Å². The first-order chi connectivity index (χ1) is 11.1. The van der Waals surface area contributed by atoms with Crippen molar-refractivity contribution >= 4 is 15.9 Å². The third kappa shape index (κ3) is 4.36. The molecule has 0 saturated heterocycles. The maximum absolute atomic E-state index is 13.7. The van der Waals surface area contributed by atoms with Gasteiger partial charge in [0.15, 0.2) is 11.5 Å². The molecule has 0 amide bonds. The lowest BCUT2D eigenvalue weighted by molar-refractivity contribution is 0.347. The molecular weight excluding hydrogens is 365 g/mol. The van der Waals surface area contributed by atoms with Gasteiger partial charge in [-0.2, -0.15) is 0 Å². The summed E-state index contributed by atoms with van der Waals surface area (Å²) in [4.78, 5) is 0. The Morgan fingerprint density at radius 3 is 2.13 bits per heavy atom. The van der Waals surface area contributed by atoms with Gasteiger partial charge in [0.1, 0.15) is 11.6 Å². The number of hydrogen-bond acceptors (Lipinski definition) is 4. The minimum absolute atomic E-state index is 0.236. The van der Waals surface area contributed by atoms with E-state index in [0.29, 0.717) is 35.9 Å². The fourth-order valence-electron chi connectivity index (χ4n) is 2.24. The average Bonchev–Trinajstić information content (AvgIpc) is 2.57. The van der Waals surface area contributed by atoms with E-state index in [4.69, 9.17) is 14.2 Å². The quantitative estimate of drug-likeness (QED) is 0.786. The van der Waals surface area contributed by atoms with Crippen LogP contribution in [0.15, 0.2) is 34.8 Å². The average molecular weight is 384 g/mol. The molecule has 0 fully saturated rings. The smallest absolute Gasteiger partial charge is 0.164 e. The summed E-state index contributed by atoms with van der Waals surface area (Å²) in [5.74, 6) is 1.68. The summed E-state index contributed by atoms with van der Waals surface area (Å²) in [7, 11) is 4.75. The highest BCUT2D eigenvalue weighted by Gasteiger charge is 2.12. The third-order valence-corrected chi connectivity index (χ3v) is 3.92. The summed E-state index contributed by atoms with van der Waals surface area (Å²) in [6.07, 6.45) is 0. The van der Waals surface area contributed by atoms with Crippen molar-refractivity contribution in [2.24, 2.45) is 0 Å². The van der Waals surface area contributed by atoms with Crippen molar-refractivity contribution in [1.29, 1.82) is 0 Å². The Kier molecular flexibility index (Phi) is 6.24. The van der Waals surface area contributed by atoms with Crippen LogP contribution >= 0.6 is 15.9 Å². The van der Waals surface area contributed by atoms with Crippen LogP contribution in [0.3, 0.4) is 0 Å². The van der Waals surface area contributed by atoms with Crippen molar-refractivity contribution in [3.8, 4) is 17.2 Å². The van der Waals surface area contributed by atoms with Crippen LogP contribution in [0.1, 0.15) is 11.1 Å². The molecule has 0 heterocycles. The Morgan fingerprint density at radius 2 is 1.48 bits per heavy atom. The van der Waals surface area contributed by atoms with Gasteiger partial charge >= 0.3 is 0 Å². The maximum Gasteiger partial charge on any atom is 0.164 e. The van der Waals surface area contributed by atoms with E-state index >= 15 is 0 Å². The lowest BCUT2D eigenvalue weighted by Gasteiger charge is -2.14. The minimum atomic E-state index is -0.236. The molecule has 2 aromatic carbocycles. The van der Waals surface area contributed by atoms with Gasteiger partial charge in [-0.3, -0.25) is 0 Å². The van der Waals surface area contributed by atoms with Crippen molar-refractivity contribution in [3.05, 3.63) is 51.7 Å². The highest BCUT2D eigenvalue weighted by Crippen LogP contribution is 2.34. The van der Waals surface area contributed by atoms with Crippen LogP contribution in [0.5, 0.6) is 17.2 Å². The molecule has 0 aromatic heterocycles. The number of benzene rings is 2. The zero-order valence-electron chi connectivity index (χ0n) is 13.3. The first kappa shape index (κ1) is 17.6. The Morgan fingerprint density at radius 1 is 0.870 bits per heavy atom. The van der Waals surface area contributed by atoms with Crippen molar-refractivity contribution in [2.75, 3.05) is 21.3 Å². The molecule has 0 aliphatic rings. The standard InChI is InChI=1S/C17H19BrFNO3/c1-21-15-8-17(23-3)16(22-2)7-12(15)10-20-9-11-6-13(18)4-5-14(11)19/h4-8,20H,9-10H2,1-3H3. The van der Waals surface area contributed by atoms with Crippen LogP contribution in [0.2, 0.25) is 0 Å². The molecule has 0 spiro atoms. The Bertz CT molecular complexity index is 679. The van der Waals surface area contributed by atoms with Gasteiger partial charge in [0.05, 0.1) is 21.3 Å². The second-order valence-corrected chi connectivity index (χ2v) is 5.77. The van der Waals surface area contributed by atoms with Gasteiger partial charge < -0.3 is 19.5 Å². The number of hydrogen-bond donors (Lipinski definition) is 1. The van der Waals surface area contributed by atoms with Crippen molar-refractivity contribution in [2.45, 2.75) is 13.1 Å². The van der Waals surface area contributed by atoms with Gasteiger partial charge in [-0.15, -0.1) is 0 Å². The molecule has 0 aliphatic heterocycles. The van der Waals surface area contributed by atoms with E-state index in [0.717, 1.165) is 10.0 Å². The predicted octanol–water partition coefficient (Wildman–Crippen LogP) is 3.90. The molecular formula is C17H19BrFNO3. The topological polar surface area (TPSA) is 39.7 Å². The number of rotatable bonds is 7. The molecule has 1 N–H and O–H groups in total. The predicted molar refractivity (Wildman–Crippen MR) is 90.7 cm³/mol. The number of methoxy groups -OCH3 is 3. The normalized spacial score (nSPS) is 10.5. The molecule has 0 bridgehead atoms. The molecule has 0 saturated carbocycles. The van der Waals surface area contributed by atoms with Crippen LogP contribution in [-0.4, -0.2) is 21.3 Å². The maximum atomic E-state index is 13.7. The zero-order valence-corrected chi connectivity index (χ0v) is 14.9. The first-order valence-corrected chi connectivity index (χ1v) is 7.82. The monoisotopic (exact) mass is 383 g/mol. The van der Waals surface area contributed by atoms with E-state index in [2.05, 4.69) is 21.2 Å². The Balaban J connectivity index is 2.12. The van der Waals surface area contributed by atoms with Gasteiger partial charge in [0, 0.05) is 34.8 Å². The van der Waals surface area contributed by atoms with Crippen LogP contribution in [-0.2, 0) is 13.1 Å². The largest absolute Gasteiger partial charge is 0.496 e. The van der Waals surface area contributed by atoms with Crippen molar-refractivity contribution < 1.29 is 18.6 Å². The molecule has 0 radical (unpaired) electrons. The summed E-state index contributed by atoms with van der Waals surface area (Å²) in [6.45, 7) is 0.915. The minimum Gasteiger partial charge on any atom is -0.496 e. The van der Waals surface area contributed by atoms with Crippen molar-refractivity contribution in [3.63, 3.8) is 0 Å². The molecule has 0 aliphatic carbocycles. The fourth-order valence-corrected chi connectivity index (χ4v) is 2.65.